The Morgan fingerprint density at radius 2 is 1.58 bits per heavy atom. The fourth-order valence-corrected chi connectivity index (χ4v) is 5.09. The van der Waals surface area contributed by atoms with Crippen LogP contribution in [0.25, 0.3) is 11.4 Å². The molecule has 0 bridgehead atoms. The zero-order chi connectivity index (χ0) is 27.2. The van der Waals surface area contributed by atoms with Gasteiger partial charge in [-0.2, -0.15) is 4.39 Å². The van der Waals surface area contributed by atoms with Crippen molar-refractivity contribution >= 4 is 0 Å². The van der Waals surface area contributed by atoms with Gasteiger partial charge in [-0.3, -0.25) is 4.98 Å². The van der Waals surface area contributed by atoms with Gasteiger partial charge in [0.05, 0.1) is 29.8 Å². The van der Waals surface area contributed by atoms with E-state index in [9.17, 15) is 0 Å². The van der Waals surface area contributed by atoms with Gasteiger partial charge in [0.2, 0.25) is 5.95 Å². The van der Waals surface area contributed by atoms with Gasteiger partial charge in [0, 0.05) is 19.1 Å². The number of rotatable bonds is 18. The lowest BCUT2D eigenvalue weighted by Crippen LogP contribution is -2.33. The van der Waals surface area contributed by atoms with Crippen molar-refractivity contribution in [1.82, 2.24) is 9.97 Å². The van der Waals surface area contributed by atoms with Crippen LogP contribution in [-0.2, 0) is 17.1 Å². The fraction of sp³-hybridized carbons (Fsp3) is 0.677. The van der Waals surface area contributed by atoms with Crippen molar-refractivity contribution in [3.05, 3.63) is 41.5 Å². The number of hydrogen-bond donors (Lipinski definition) is 0. The van der Waals surface area contributed by atoms with E-state index >= 15 is 13.2 Å². The first-order valence-electron chi connectivity index (χ1n) is 14.7. The van der Waals surface area contributed by atoms with Crippen LogP contribution in [0.5, 0.6) is 5.75 Å². The highest BCUT2D eigenvalue weighted by atomic mass is 19.3. The van der Waals surface area contributed by atoms with Crippen molar-refractivity contribution in [3.8, 4) is 17.1 Å². The molecule has 2 aromatic heterocycles. The second kappa shape index (κ2) is 16.1. The molecule has 0 saturated heterocycles. The summed E-state index contributed by atoms with van der Waals surface area (Å²) in [7, 11) is 0. The molecule has 7 heteroatoms. The van der Waals surface area contributed by atoms with E-state index in [2.05, 4.69) is 23.8 Å². The third-order valence-electron chi connectivity index (χ3n) is 7.41. The molecule has 212 valence electrons. The molecule has 0 aromatic carbocycles. The molecule has 0 aliphatic heterocycles. The van der Waals surface area contributed by atoms with E-state index in [4.69, 9.17) is 9.47 Å². The number of fused-ring (bicyclic) bond motifs is 1. The van der Waals surface area contributed by atoms with Crippen molar-refractivity contribution < 1.29 is 22.6 Å². The molecule has 4 nitrogen and oxygen atoms in total. The molecule has 3 rings (SSSR count). The number of hydrogen-bond acceptors (Lipinski definition) is 4. The highest BCUT2D eigenvalue weighted by molar-refractivity contribution is 5.57. The standard InChI is InChI=1S/C31H45F3N2O2/c1-3-5-7-8-9-10-11-14-25-16-15-24-22-28(36-30(32)29(24)31(25,33)34)27-18-17-26(23-35-27)38-21-13-12-20-37-19-6-4-2/h17-18,22-23,25H,3-16,19-21H2,1-2H3. The Labute approximate surface area is 226 Å². The maximum atomic E-state index is 15.3. The highest BCUT2D eigenvalue weighted by Crippen LogP contribution is 2.47. The van der Waals surface area contributed by atoms with Gasteiger partial charge in [-0.15, -0.1) is 0 Å². The number of aryl methyl sites for hydroxylation is 1. The van der Waals surface area contributed by atoms with E-state index in [0.717, 1.165) is 64.6 Å². The molecule has 0 fully saturated rings. The van der Waals surface area contributed by atoms with Crippen LogP contribution in [0.1, 0.15) is 108 Å². The molecule has 1 unspecified atom stereocenters. The van der Waals surface area contributed by atoms with E-state index in [0.29, 0.717) is 42.9 Å². The van der Waals surface area contributed by atoms with Crippen LogP contribution < -0.4 is 4.74 Å². The van der Waals surface area contributed by atoms with Gasteiger partial charge < -0.3 is 9.47 Å². The molecule has 1 aliphatic rings. The van der Waals surface area contributed by atoms with Gasteiger partial charge in [0.15, 0.2) is 0 Å². The smallest absolute Gasteiger partial charge is 0.280 e. The first-order valence-corrected chi connectivity index (χ1v) is 14.7. The van der Waals surface area contributed by atoms with Crippen molar-refractivity contribution in [2.45, 2.75) is 110 Å². The summed E-state index contributed by atoms with van der Waals surface area (Å²) in [6.07, 6.45) is 14.4. The quantitative estimate of drug-likeness (QED) is 0.141. The minimum Gasteiger partial charge on any atom is -0.492 e. The number of halogens is 3. The number of aromatic nitrogens is 2. The summed E-state index contributed by atoms with van der Waals surface area (Å²) in [4.78, 5) is 8.26. The highest BCUT2D eigenvalue weighted by Gasteiger charge is 2.47. The zero-order valence-electron chi connectivity index (χ0n) is 23.3. The number of ether oxygens (including phenoxy) is 2. The van der Waals surface area contributed by atoms with Gasteiger partial charge in [-0.05, 0) is 62.3 Å². The predicted octanol–water partition coefficient (Wildman–Crippen LogP) is 9.05. The van der Waals surface area contributed by atoms with E-state index in [1.54, 1.807) is 24.4 Å². The number of unbranched alkanes of at least 4 members (excludes halogenated alkanes) is 8. The summed E-state index contributed by atoms with van der Waals surface area (Å²) >= 11 is 0. The lowest BCUT2D eigenvalue weighted by Gasteiger charge is -2.33. The van der Waals surface area contributed by atoms with Gasteiger partial charge in [0.25, 0.3) is 5.92 Å². The Balaban J connectivity index is 1.52. The summed E-state index contributed by atoms with van der Waals surface area (Å²) in [5, 5.41) is 0. The molecule has 0 amide bonds. The Morgan fingerprint density at radius 1 is 0.868 bits per heavy atom. The minimum absolute atomic E-state index is 0.276. The topological polar surface area (TPSA) is 44.2 Å². The van der Waals surface area contributed by atoms with Crippen molar-refractivity contribution in [3.63, 3.8) is 0 Å². The summed E-state index contributed by atoms with van der Waals surface area (Å²) in [6.45, 7) is 6.41. The number of pyridine rings is 2. The van der Waals surface area contributed by atoms with Crippen LogP contribution in [-0.4, -0.2) is 29.8 Å². The van der Waals surface area contributed by atoms with Crippen LogP contribution in [0.2, 0.25) is 0 Å². The molecule has 38 heavy (non-hydrogen) atoms. The summed E-state index contributed by atoms with van der Waals surface area (Å²) < 4.78 is 56.9. The van der Waals surface area contributed by atoms with Gasteiger partial charge in [-0.25, -0.2) is 13.8 Å². The minimum atomic E-state index is -3.20. The van der Waals surface area contributed by atoms with Gasteiger partial charge in [0.1, 0.15) is 5.75 Å². The first-order chi connectivity index (χ1) is 18.5. The monoisotopic (exact) mass is 534 g/mol. The van der Waals surface area contributed by atoms with Crippen LogP contribution in [0.15, 0.2) is 24.4 Å². The van der Waals surface area contributed by atoms with Crippen LogP contribution in [0, 0.1) is 11.9 Å². The SMILES string of the molecule is CCCCCCCCCC1CCc2cc(-c3ccc(OCCCCOCCCC)cn3)nc(F)c2C1(F)F. The van der Waals surface area contributed by atoms with Crippen molar-refractivity contribution in [1.29, 1.82) is 0 Å². The predicted molar refractivity (Wildman–Crippen MR) is 146 cm³/mol. The van der Waals surface area contributed by atoms with Crippen LogP contribution in [0.3, 0.4) is 0 Å². The molecule has 0 spiro atoms. The fourth-order valence-electron chi connectivity index (χ4n) is 5.09. The molecule has 2 heterocycles. The first kappa shape index (κ1) is 30.4. The molecular weight excluding hydrogens is 489 g/mol. The third-order valence-corrected chi connectivity index (χ3v) is 7.41. The molecule has 1 aliphatic carbocycles. The zero-order valence-corrected chi connectivity index (χ0v) is 23.3. The normalized spacial score (nSPS) is 16.4. The molecular formula is C31H45F3N2O2. The van der Waals surface area contributed by atoms with Crippen LogP contribution >= 0.6 is 0 Å². The maximum Gasteiger partial charge on any atom is 0.280 e. The van der Waals surface area contributed by atoms with Crippen molar-refractivity contribution in [2.24, 2.45) is 5.92 Å². The second-order valence-corrected chi connectivity index (χ2v) is 10.5. The van der Waals surface area contributed by atoms with Gasteiger partial charge >= 0.3 is 0 Å². The average Bonchev–Trinajstić information content (AvgIpc) is 2.90. The Bertz CT molecular complexity index is 953. The summed E-state index contributed by atoms with van der Waals surface area (Å²) in [5.41, 5.74) is 0.547. The van der Waals surface area contributed by atoms with Gasteiger partial charge in [-0.1, -0.05) is 65.2 Å². The lowest BCUT2D eigenvalue weighted by molar-refractivity contribution is -0.0824. The summed E-state index contributed by atoms with van der Waals surface area (Å²) in [6, 6.07) is 5.03. The largest absolute Gasteiger partial charge is 0.492 e. The van der Waals surface area contributed by atoms with E-state index < -0.39 is 23.4 Å². The average molecular weight is 535 g/mol. The van der Waals surface area contributed by atoms with E-state index in [1.165, 1.54) is 19.3 Å². The number of alkyl halides is 2. The lowest BCUT2D eigenvalue weighted by atomic mass is 9.78. The molecule has 1 atom stereocenters. The van der Waals surface area contributed by atoms with E-state index in [1.807, 2.05) is 0 Å². The Kier molecular flexibility index (Phi) is 12.9. The molecule has 0 N–H and O–H groups in total. The second-order valence-electron chi connectivity index (χ2n) is 10.5. The number of nitrogens with zero attached hydrogens (tertiary/aromatic N) is 2. The van der Waals surface area contributed by atoms with Crippen molar-refractivity contribution in [2.75, 3.05) is 19.8 Å². The molecule has 0 radical (unpaired) electrons. The summed E-state index contributed by atoms with van der Waals surface area (Å²) in [5.74, 6) is -4.49. The molecule has 0 saturated carbocycles. The maximum absolute atomic E-state index is 15.3. The molecule has 2 aromatic rings. The Morgan fingerprint density at radius 3 is 2.32 bits per heavy atom. The third kappa shape index (κ3) is 8.96. The van der Waals surface area contributed by atoms with E-state index in [-0.39, 0.29) is 5.69 Å². The van der Waals surface area contributed by atoms with Crippen LogP contribution in [0.4, 0.5) is 13.2 Å². The Hall–Kier alpha value is -2.15.